The second-order valence-corrected chi connectivity index (χ2v) is 4.86. The normalized spacial score (nSPS) is 18.1. The van der Waals surface area contributed by atoms with Gasteiger partial charge >= 0.3 is 5.97 Å². The van der Waals surface area contributed by atoms with Gasteiger partial charge in [-0.05, 0) is 20.8 Å². The van der Waals surface area contributed by atoms with E-state index >= 15 is 0 Å². The Morgan fingerprint density at radius 2 is 2.25 bits per heavy atom. The maximum Gasteiger partial charge on any atom is 0.312 e. The van der Waals surface area contributed by atoms with Gasteiger partial charge in [0.2, 0.25) is 6.19 Å². The first-order valence-electron chi connectivity index (χ1n) is 5.28. The van der Waals surface area contributed by atoms with Crippen LogP contribution in [-0.2, 0) is 9.53 Å². The van der Waals surface area contributed by atoms with Crippen LogP contribution < -0.4 is 0 Å². The molecule has 0 aromatic carbocycles. The molecule has 5 heteroatoms. The van der Waals surface area contributed by atoms with E-state index in [1.54, 1.807) is 12.4 Å². The number of carbonyl (C=O) groups is 1. The summed E-state index contributed by atoms with van der Waals surface area (Å²) in [6.07, 6.45) is 3.23. The third kappa shape index (κ3) is 3.99. The molecule has 0 aromatic rings. The first-order chi connectivity index (χ1) is 7.42. The molecule has 0 bridgehead atoms. The van der Waals surface area contributed by atoms with Crippen LogP contribution in [0.3, 0.4) is 0 Å². The lowest BCUT2D eigenvalue weighted by Gasteiger charge is -2.37. The highest BCUT2D eigenvalue weighted by atomic mass is 16.6. The number of nitrogens with zero attached hydrogens (tertiary/aromatic N) is 3. The Balaban J connectivity index is 2.23. The monoisotopic (exact) mass is 223 g/mol. The lowest BCUT2D eigenvalue weighted by molar-refractivity contribution is -0.165. The zero-order valence-electron chi connectivity index (χ0n) is 9.93. The predicted molar refractivity (Wildman–Crippen MR) is 59.9 cm³/mol. The second kappa shape index (κ2) is 5.08. The van der Waals surface area contributed by atoms with E-state index in [9.17, 15) is 4.79 Å². The summed E-state index contributed by atoms with van der Waals surface area (Å²) in [6, 6.07) is 0. The third-order valence-corrected chi connectivity index (χ3v) is 2.19. The Hall–Kier alpha value is -1.41. The lowest BCUT2D eigenvalue weighted by atomic mass is 10.0. The molecule has 0 spiro atoms. The molecule has 1 fully saturated rings. The van der Waals surface area contributed by atoms with E-state index in [1.807, 2.05) is 25.7 Å². The van der Waals surface area contributed by atoms with Gasteiger partial charge in [0.25, 0.3) is 0 Å². The minimum absolute atomic E-state index is 0.0327. The predicted octanol–water partition coefficient (Wildman–Crippen LogP) is 0.812. The number of likely N-dealkylation sites (tertiary alicyclic amines) is 1. The van der Waals surface area contributed by atoms with Crippen LogP contribution in [0.1, 0.15) is 20.8 Å². The van der Waals surface area contributed by atoms with E-state index in [-0.39, 0.29) is 11.9 Å². The van der Waals surface area contributed by atoms with E-state index < -0.39 is 5.60 Å². The van der Waals surface area contributed by atoms with Crippen LogP contribution >= 0.6 is 0 Å². The number of ether oxygens (including phenoxy) is 1. The van der Waals surface area contributed by atoms with Crippen LogP contribution in [0.2, 0.25) is 0 Å². The van der Waals surface area contributed by atoms with Gasteiger partial charge in [-0.25, -0.2) is 0 Å². The maximum atomic E-state index is 11.6. The smallest absolute Gasteiger partial charge is 0.312 e. The highest BCUT2D eigenvalue weighted by Crippen LogP contribution is 2.19. The SMILES string of the molecule is CC(C)(C)OC(=O)C1CN(CC=NC#N)C1. The van der Waals surface area contributed by atoms with Gasteiger partial charge in [-0.3, -0.25) is 9.69 Å². The molecule has 1 aliphatic heterocycles. The van der Waals surface area contributed by atoms with Crippen molar-refractivity contribution in [3.63, 3.8) is 0 Å². The van der Waals surface area contributed by atoms with Crippen molar-refractivity contribution in [2.45, 2.75) is 26.4 Å². The van der Waals surface area contributed by atoms with Crippen LogP contribution in [0.15, 0.2) is 4.99 Å². The fourth-order valence-electron chi connectivity index (χ4n) is 1.45. The van der Waals surface area contributed by atoms with Crippen molar-refractivity contribution < 1.29 is 9.53 Å². The molecule has 5 nitrogen and oxygen atoms in total. The Morgan fingerprint density at radius 1 is 1.62 bits per heavy atom. The molecule has 0 N–H and O–H groups in total. The number of hydrogen-bond donors (Lipinski definition) is 0. The molecule has 88 valence electrons. The van der Waals surface area contributed by atoms with E-state index in [0.29, 0.717) is 19.6 Å². The Bertz CT molecular complexity index is 319. The van der Waals surface area contributed by atoms with Crippen LogP contribution in [0.25, 0.3) is 0 Å². The number of hydrogen-bond acceptors (Lipinski definition) is 5. The summed E-state index contributed by atoms with van der Waals surface area (Å²) in [7, 11) is 0. The molecule has 0 amide bonds. The first-order valence-corrected chi connectivity index (χ1v) is 5.28. The number of rotatable bonds is 3. The van der Waals surface area contributed by atoms with Gasteiger partial charge in [0.05, 0.1) is 5.92 Å². The third-order valence-electron chi connectivity index (χ3n) is 2.19. The molecule has 0 aromatic heterocycles. The average molecular weight is 223 g/mol. The molecule has 16 heavy (non-hydrogen) atoms. The minimum atomic E-state index is -0.417. The molecule has 0 atom stereocenters. The van der Waals surface area contributed by atoms with E-state index in [4.69, 9.17) is 10.00 Å². The first kappa shape index (κ1) is 12.7. The van der Waals surface area contributed by atoms with Crippen molar-refractivity contribution in [1.29, 1.82) is 5.26 Å². The van der Waals surface area contributed by atoms with Gasteiger partial charge in [-0.15, -0.1) is 0 Å². The number of nitriles is 1. The Morgan fingerprint density at radius 3 is 2.75 bits per heavy atom. The zero-order valence-corrected chi connectivity index (χ0v) is 9.93. The molecular weight excluding hydrogens is 206 g/mol. The molecule has 1 saturated heterocycles. The number of esters is 1. The van der Waals surface area contributed by atoms with Crippen molar-refractivity contribution in [3.8, 4) is 6.19 Å². The van der Waals surface area contributed by atoms with Crippen LogP contribution in [0.4, 0.5) is 0 Å². The average Bonchev–Trinajstić information content (AvgIpc) is 2.05. The molecule has 0 unspecified atom stereocenters. The van der Waals surface area contributed by atoms with Crippen LogP contribution in [-0.4, -0.2) is 42.3 Å². The summed E-state index contributed by atoms with van der Waals surface area (Å²) in [5.74, 6) is -0.171. The Labute approximate surface area is 95.7 Å². The summed E-state index contributed by atoms with van der Waals surface area (Å²) in [4.78, 5) is 17.1. The van der Waals surface area contributed by atoms with Crippen LogP contribution in [0.5, 0.6) is 0 Å². The topological polar surface area (TPSA) is 65.7 Å². The standard InChI is InChI=1S/C11H17N3O2/c1-11(2,3)16-10(15)9-6-14(7-9)5-4-13-8-12/h4,9H,5-7H2,1-3H3. The highest BCUT2D eigenvalue weighted by molar-refractivity contribution is 5.74. The second-order valence-electron chi connectivity index (χ2n) is 4.86. The van der Waals surface area contributed by atoms with Crippen molar-refractivity contribution in [1.82, 2.24) is 4.90 Å². The van der Waals surface area contributed by atoms with Crippen molar-refractivity contribution >= 4 is 12.2 Å². The molecule has 0 aliphatic carbocycles. The Kier molecular flexibility index (Phi) is 4.02. The van der Waals surface area contributed by atoms with Gasteiger partial charge in [0, 0.05) is 25.8 Å². The lowest BCUT2D eigenvalue weighted by Crippen LogP contribution is -2.52. The maximum absolute atomic E-state index is 11.6. The van der Waals surface area contributed by atoms with Crippen molar-refractivity contribution in [2.75, 3.05) is 19.6 Å². The quantitative estimate of drug-likeness (QED) is 0.403. The number of aliphatic imine (C=N–C) groups is 1. The van der Waals surface area contributed by atoms with E-state index in [2.05, 4.69) is 4.99 Å². The molecule has 0 radical (unpaired) electrons. The van der Waals surface area contributed by atoms with Gasteiger partial charge in [0.1, 0.15) is 5.60 Å². The minimum Gasteiger partial charge on any atom is -0.460 e. The molecule has 1 heterocycles. The molecule has 1 aliphatic rings. The van der Waals surface area contributed by atoms with Gasteiger partial charge in [0.15, 0.2) is 0 Å². The van der Waals surface area contributed by atoms with Crippen molar-refractivity contribution in [3.05, 3.63) is 0 Å². The van der Waals surface area contributed by atoms with Gasteiger partial charge in [-0.1, -0.05) is 0 Å². The van der Waals surface area contributed by atoms with E-state index in [1.165, 1.54) is 0 Å². The van der Waals surface area contributed by atoms with Crippen LogP contribution in [0, 0.1) is 17.4 Å². The molecular formula is C11H17N3O2. The van der Waals surface area contributed by atoms with E-state index in [0.717, 1.165) is 0 Å². The largest absolute Gasteiger partial charge is 0.460 e. The highest BCUT2D eigenvalue weighted by Gasteiger charge is 2.34. The summed E-state index contributed by atoms with van der Waals surface area (Å²) in [5.41, 5.74) is -0.417. The summed E-state index contributed by atoms with van der Waals surface area (Å²) in [6.45, 7) is 7.58. The fourth-order valence-corrected chi connectivity index (χ4v) is 1.45. The molecule has 1 rings (SSSR count). The summed E-state index contributed by atoms with van der Waals surface area (Å²) < 4.78 is 5.26. The molecule has 0 saturated carbocycles. The fraction of sp³-hybridized carbons (Fsp3) is 0.727. The summed E-state index contributed by atoms with van der Waals surface area (Å²) >= 11 is 0. The zero-order chi connectivity index (χ0) is 12.2. The number of carbonyl (C=O) groups excluding carboxylic acids is 1. The van der Waals surface area contributed by atoms with Gasteiger partial charge < -0.3 is 4.74 Å². The van der Waals surface area contributed by atoms with Gasteiger partial charge in [-0.2, -0.15) is 10.3 Å². The van der Waals surface area contributed by atoms with Crippen molar-refractivity contribution in [2.24, 2.45) is 10.9 Å². The summed E-state index contributed by atoms with van der Waals surface area (Å²) in [5, 5.41) is 8.20.